The van der Waals surface area contributed by atoms with Crippen LogP contribution < -0.4 is 0 Å². The molecule has 0 atom stereocenters. The minimum atomic E-state index is 0.102. The zero-order chi connectivity index (χ0) is 15.4. The van der Waals surface area contributed by atoms with E-state index in [1.807, 2.05) is 24.0 Å². The lowest BCUT2D eigenvalue weighted by Gasteiger charge is -2.21. The fourth-order valence-electron chi connectivity index (χ4n) is 2.73. The zero-order valence-electron chi connectivity index (χ0n) is 12.9. The van der Waals surface area contributed by atoms with E-state index in [9.17, 15) is 4.79 Å². The number of thiophene rings is 1. The van der Waals surface area contributed by atoms with E-state index >= 15 is 0 Å². The first-order valence-corrected chi connectivity index (χ1v) is 8.57. The molecule has 0 aromatic carbocycles. The minimum Gasteiger partial charge on any atom is -0.337 e. The summed E-state index contributed by atoms with van der Waals surface area (Å²) in [6.45, 7) is 6.52. The summed E-state index contributed by atoms with van der Waals surface area (Å²) < 4.78 is 0. The average molecular weight is 315 g/mol. The molecule has 116 valence electrons. The van der Waals surface area contributed by atoms with E-state index in [2.05, 4.69) is 27.4 Å². The predicted molar refractivity (Wildman–Crippen MR) is 89.1 cm³/mol. The van der Waals surface area contributed by atoms with Gasteiger partial charge < -0.3 is 4.90 Å². The molecule has 3 heterocycles. The molecule has 4 nitrogen and oxygen atoms in total. The highest BCUT2D eigenvalue weighted by molar-refractivity contribution is 7.09. The van der Waals surface area contributed by atoms with Gasteiger partial charge in [0.25, 0.3) is 5.91 Å². The van der Waals surface area contributed by atoms with Crippen molar-refractivity contribution in [1.82, 2.24) is 14.8 Å². The number of hydrogen-bond acceptors (Lipinski definition) is 4. The van der Waals surface area contributed by atoms with Gasteiger partial charge in [0.1, 0.15) is 0 Å². The number of amides is 1. The number of nitrogens with zero attached hydrogens (tertiary/aromatic N) is 3. The van der Waals surface area contributed by atoms with E-state index < -0.39 is 0 Å². The van der Waals surface area contributed by atoms with Gasteiger partial charge in [-0.3, -0.25) is 14.7 Å². The summed E-state index contributed by atoms with van der Waals surface area (Å²) >= 11 is 1.80. The predicted octanol–water partition coefficient (Wildman–Crippen LogP) is 2.80. The smallest absolute Gasteiger partial charge is 0.255 e. The van der Waals surface area contributed by atoms with Crippen molar-refractivity contribution in [2.24, 2.45) is 0 Å². The molecule has 22 heavy (non-hydrogen) atoms. The molecule has 1 fully saturated rings. The molecule has 2 aromatic heterocycles. The normalized spacial score (nSPS) is 16.5. The second-order valence-electron chi connectivity index (χ2n) is 5.69. The summed E-state index contributed by atoms with van der Waals surface area (Å²) in [5, 5.41) is 2.12. The van der Waals surface area contributed by atoms with Crippen LogP contribution in [0.4, 0.5) is 0 Å². The highest BCUT2D eigenvalue weighted by atomic mass is 32.1. The summed E-state index contributed by atoms with van der Waals surface area (Å²) in [5.41, 5.74) is 1.63. The molecule has 5 heteroatoms. The van der Waals surface area contributed by atoms with Crippen LogP contribution in [0.2, 0.25) is 0 Å². The van der Waals surface area contributed by atoms with Crippen LogP contribution in [0.5, 0.6) is 0 Å². The molecule has 0 radical (unpaired) electrons. The molecule has 0 saturated carbocycles. The molecular formula is C17H21N3OS. The van der Waals surface area contributed by atoms with Crippen molar-refractivity contribution in [2.45, 2.75) is 19.9 Å². The first-order valence-electron chi connectivity index (χ1n) is 7.69. The van der Waals surface area contributed by atoms with Gasteiger partial charge in [0.2, 0.25) is 0 Å². The number of carbonyl (C=O) groups excluding carboxylic acids is 1. The summed E-state index contributed by atoms with van der Waals surface area (Å²) in [7, 11) is 0. The van der Waals surface area contributed by atoms with E-state index in [1.165, 1.54) is 4.88 Å². The van der Waals surface area contributed by atoms with Gasteiger partial charge >= 0.3 is 0 Å². The quantitative estimate of drug-likeness (QED) is 0.874. The largest absolute Gasteiger partial charge is 0.337 e. The van der Waals surface area contributed by atoms with Crippen LogP contribution in [0.15, 0.2) is 35.8 Å². The lowest BCUT2D eigenvalue weighted by atomic mass is 10.2. The van der Waals surface area contributed by atoms with Gasteiger partial charge in [0, 0.05) is 49.5 Å². The third kappa shape index (κ3) is 3.72. The Balaban J connectivity index is 1.60. The average Bonchev–Trinajstić information content (AvgIpc) is 2.92. The Bertz CT molecular complexity index is 609. The fraction of sp³-hybridized carbons (Fsp3) is 0.412. The lowest BCUT2D eigenvalue weighted by molar-refractivity contribution is 0.0760. The number of aryl methyl sites for hydroxylation is 1. The Morgan fingerprint density at radius 2 is 2.14 bits per heavy atom. The van der Waals surface area contributed by atoms with Crippen molar-refractivity contribution in [3.05, 3.63) is 52.0 Å². The number of rotatable bonds is 3. The van der Waals surface area contributed by atoms with Gasteiger partial charge in [-0.1, -0.05) is 6.07 Å². The van der Waals surface area contributed by atoms with E-state index in [1.54, 1.807) is 17.5 Å². The lowest BCUT2D eigenvalue weighted by Crippen LogP contribution is -2.35. The van der Waals surface area contributed by atoms with Gasteiger partial charge in [0.15, 0.2) is 0 Å². The number of carbonyl (C=O) groups is 1. The second-order valence-corrected chi connectivity index (χ2v) is 6.72. The van der Waals surface area contributed by atoms with Crippen molar-refractivity contribution in [2.75, 3.05) is 26.2 Å². The summed E-state index contributed by atoms with van der Waals surface area (Å²) in [5.74, 6) is 0.102. The van der Waals surface area contributed by atoms with E-state index in [-0.39, 0.29) is 5.91 Å². The van der Waals surface area contributed by atoms with Crippen molar-refractivity contribution < 1.29 is 4.79 Å². The van der Waals surface area contributed by atoms with Crippen LogP contribution in [0.3, 0.4) is 0 Å². The van der Waals surface area contributed by atoms with Crippen LogP contribution in [0.25, 0.3) is 0 Å². The third-order valence-corrected chi connectivity index (χ3v) is 4.85. The highest BCUT2D eigenvalue weighted by Crippen LogP contribution is 2.15. The number of hydrogen-bond donors (Lipinski definition) is 0. The van der Waals surface area contributed by atoms with Gasteiger partial charge in [0.05, 0.1) is 5.56 Å². The molecule has 1 amide bonds. The van der Waals surface area contributed by atoms with Gasteiger partial charge in [-0.15, -0.1) is 11.3 Å². The first kappa shape index (κ1) is 15.2. The van der Waals surface area contributed by atoms with Crippen LogP contribution in [-0.4, -0.2) is 46.9 Å². The Hall–Kier alpha value is -1.72. The van der Waals surface area contributed by atoms with Crippen molar-refractivity contribution >= 4 is 17.2 Å². The Kier molecular flexibility index (Phi) is 4.85. The molecule has 1 saturated heterocycles. The maximum atomic E-state index is 12.6. The topological polar surface area (TPSA) is 36.4 Å². The Morgan fingerprint density at radius 1 is 1.23 bits per heavy atom. The van der Waals surface area contributed by atoms with Crippen molar-refractivity contribution in [3.8, 4) is 0 Å². The monoisotopic (exact) mass is 315 g/mol. The molecule has 0 N–H and O–H groups in total. The maximum Gasteiger partial charge on any atom is 0.255 e. The van der Waals surface area contributed by atoms with Gasteiger partial charge in [-0.05, 0) is 36.9 Å². The Labute approximate surface area is 135 Å². The molecular weight excluding hydrogens is 294 g/mol. The van der Waals surface area contributed by atoms with E-state index in [0.717, 1.165) is 44.8 Å². The molecule has 1 aliphatic rings. The maximum absolute atomic E-state index is 12.6. The summed E-state index contributed by atoms with van der Waals surface area (Å²) in [6, 6.07) is 8.04. The van der Waals surface area contributed by atoms with Crippen LogP contribution in [0.1, 0.15) is 27.3 Å². The summed E-state index contributed by atoms with van der Waals surface area (Å²) in [4.78, 5) is 22.6. The molecule has 0 bridgehead atoms. The van der Waals surface area contributed by atoms with E-state index in [4.69, 9.17) is 0 Å². The van der Waals surface area contributed by atoms with Crippen LogP contribution >= 0.6 is 11.3 Å². The van der Waals surface area contributed by atoms with Gasteiger partial charge in [-0.25, -0.2) is 0 Å². The molecule has 1 aliphatic heterocycles. The SMILES string of the molecule is Cc1ccc(C(=O)N2CCCN(Cc3cccs3)CC2)cn1. The Morgan fingerprint density at radius 3 is 2.86 bits per heavy atom. The number of pyridine rings is 1. The molecule has 3 rings (SSSR count). The fourth-order valence-corrected chi connectivity index (χ4v) is 3.48. The summed E-state index contributed by atoms with van der Waals surface area (Å²) in [6.07, 6.45) is 2.71. The number of aromatic nitrogens is 1. The molecule has 0 unspecified atom stereocenters. The van der Waals surface area contributed by atoms with Gasteiger partial charge in [-0.2, -0.15) is 0 Å². The molecule has 0 spiro atoms. The standard InChI is InChI=1S/C17H21N3OS/c1-14-5-6-15(12-18-14)17(21)20-8-3-7-19(9-10-20)13-16-4-2-11-22-16/h2,4-6,11-12H,3,7-10,13H2,1H3. The second kappa shape index (κ2) is 7.03. The minimum absolute atomic E-state index is 0.102. The first-order chi connectivity index (χ1) is 10.7. The molecule has 2 aromatic rings. The van der Waals surface area contributed by atoms with Crippen LogP contribution in [0, 0.1) is 6.92 Å². The molecule has 0 aliphatic carbocycles. The van der Waals surface area contributed by atoms with Crippen LogP contribution in [-0.2, 0) is 6.54 Å². The third-order valence-electron chi connectivity index (χ3n) is 3.99. The highest BCUT2D eigenvalue weighted by Gasteiger charge is 2.20. The van der Waals surface area contributed by atoms with Crippen molar-refractivity contribution in [1.29, 1.82) is 0 Å². The van der Waals surface area contributed by atoms with Crippen molar-refractivity contribution in [3.63, 3.8) is 0 Å². The van der Waals surface area contributed by atoms with E-state index in [0.29, 0.717) is 5.56 Å². The zero-order valence-corrected chi connectivity index (χ0v) is 13.7.